The summed E-state index contributed by atoms with van der Waals surface area (Å²) in [5.74, 6) is 3.57. The van der Waals surface area contributed by atoms with Crippen molar-refractivity contribution in [2.75, 3.05) is 33.1 Å². The summed E-state index contributed by atoms with van der Waals surface area (Å²) in [4.78, 5) is 12.3. The largest absolute Gasteiger partial charge is 0.493 e. The van der Waals surface area contributed by atoms with E-state index in [1.54, 1.807) is 14.2 Å². The van der Waals surface area contributed by atoms with E-state index >= 15 is 0 Å². The molecule has 0 bridgehead atoms. The summed E-state index contributed by atoms with van der Waals surface area (Å²) < 4.78 is 24.2. The van der Waals surface area contributed by atoms with Crippen LogP contribution in [0.5, 0.6) is 23.0 Å². The van der Waals surface area contributed by atoms with Gasteiger partial charge in [0.15, 0.2) is 40.1 Å². The Balaban J connectivity index is 1.26. The number of methoxy groups -OCH3 is 2. The quantitative estimate of drug-likeness (QED) is 0.477. The van der Waals surface area contributed by atoms with Gasteiger partial charge in [-0.1, -0.05) is 30.0 Å². The van der Waals surface area contributed by atoms with Crippen LogP contribution in [-0.4, -0.2) is 53.8 Å². The van der Waals surface area contributed by atoms with Gasteiger partial charge < -0.3 is 28.8 Å². The van der Waals surface area contributed by atoms with Crippen molar-refractivity contribution < 1.29 is 23.7 Å². The molecule has 1 aliphatic rings. The van der Waals surface area contributed by atoms with Crippen LogP contribution in [0.15, 0.2) is 47.6 Å². The van der Waals surface area contributed by atoms with Crippen molar-refractivity contribution in [2.45, 2.75) is 17.7 Å². The summed E-state index contributed by atoms with van der Waals surface area (Å²) in [6, 6.07) is 13.3. The number of amides is 1. The van der Waals surface area contributed by atoms with Crippen LogP contribution >= 0.6 is 11.8 Å². The van der Waals surface area contributed by atoms with Gasteiger partial charge in [-0.2, -0.15) is 0 Å². The van der Waals surface area contributed by atoms with Gasteiger partial charge in [-0.3, -0.25) is 4.79 Å². The molecular weight excluding hydrogens is 444 g/mol. The molecule has 1 aliphatic heterocycles. The zero-order chi connectivity index (χ0) is 23.2. The van der Waals surface area contributed by atoms with Crippen LogP contribution in [0, 0.1) is 0 Å². The van der Waals surface area contributed by atoms with E-state index in [0.29, 0.717) is 47.8 Å². The lowest BCUT2D eigenvalue weighted by Crippen LogP contribution is -2.27. The SMILES string of the molecule is COc1ccc(CCNC(=O)CSc2nnc(C3COc4ccccc4O3)n2C)cc1OC. The number of hydrogen-bond acceptors (Lipinski definition) is 8. The number of carbonyl (C=O) groups is 1. The van der Waals surface area contributed by atoms with Gasteiger partial charge in [0.25, 0.3) is 0 Å². The van der Waals surface area contributed by atoms with Crippen LogP contribution in [0.25, 0.3) is 0 Å². The molecule has 0 aliphatic carbocycles. The molecule has 0 spiro atoms. The number of nitrogens with zero attached hydrogens (tertiary/aromatic N) is 3. The number of para-hydroxylation sites is 2. The Hall–Kier alpha value is -3.40. The summed E-state index contributed by atoms with van der Waals surface area (Å²) in [7, 11) is 5.06. The summed E-state index contributed by atoms with van der Waals surface area (Å²) in [5.41, 5.74) is 1.05. The molecule has 0 saturated carbocycles. The first kappa shape index (κ1) is 22.8. The summed E-state index contributed by atoms with van der Waals surface area (Å²) in [6.07, 6.45) is 0.327. The molecular formula is C23H26N4O5S. The van der Waals surface area contributed by atoms with Crippen molar-refractivity contribution in [1.29, 1.82) is 0 Å². The number of thioether (sulfide) groups is 1. The fraction of sp³-hybridized carbons (Fsp3) is 0.348. The molecule has 1 unspecified atom stereocenters. The molecule has 0 saturated heterocycles. The molecule has 33 heavy (non-hydrogen) atoms. The number of nitrogens with one attached hydrogen (secondary N) is 1. The Morgan fingerprint density at radius 3 is 2.73 bits per heavy atom. The number of fused-ring (bicyclic) bond motifs is 1. The van der Waals surface area contributed by atoms with Crippen molar-refractivity contribution in [3.63, 3.8) is 0 Å². The molecule has 0 radical (unpaired) electrons. The van der Waals surface area contributed by atoms with Crippen molar-refractivity contribution in [3.05, 3.63) is 53.9 Å². The van der Waals surface area contributed by atoms with Gasteiger partial charge in [-0.05, 0) is 36.2 Å². The predicted octanol–water partition coefficient (Wildman–Crippen LogP) is 2.80. The third kappa shape index (κ3) is 5.33. The summed E-state index contributed by atoms with van der Waals surface area (Å²) >= 11 is 1.33. The number of carbonyl (C=O) groups excluding carboxylic acids is 1. The Morgan fingerprint density at radius 2 is 1.94 bits per heavy atom. The molecule has 174 valence electrons. The van der Waals surface area contributed by atoms with E-state index in [1.165, 1.54) is 11.8 Å². The average Bonchev–Trinajstić information content (AvgIpc) is 3.22. The molecule has 1 amide bonds. The van der Waals surface area contributed by atoms with Crippen LogP contribution in [0.4, 0.5) is 0 Å². The first-order valence-corrected chi connectivity index (χ1v) is 11.5. The average molecular weight is 471 g/mol. The third-order valence-corrected chi connectivity index (χ3v) is 6.20. The first-order valence-electron chi connectivity index (χ1n) is 10.5. The fourth-order valence-corrected chi connectivity index (χ4v) is 4.19. The van der Waals surface area contributed by atoms with Gasteiger partial charge >= 0.3 is 0 Å². The first-order chi connectivity index (χ1) is 16.1. The molecule has 0 fully saturated rings. The number of ether oxygens (including phenoxy) is 4. The third-order valence-electron chi connectivity index (χ3n) is 5.18. The second kappa shape index (κ2) is 10.5. The Kier molecular flexibility index (Phi) is 7.23. The van der Waals surface area contributed by atoms with E-state index in [4.69, 9.17) is 18.9 Å². The van der Waals surface area contributed by atoms with Crippen LogP contribution in [0.2, 0.25) is 0 Å². The lowest BCUT2D eigenvalue weighted by atomic mass is 10.1. The second-order valence-electron chi connectivity index (χ2n) is 7.34. The molecule has 2 heterocycles. The molecule has 3 aromatic rings. The number of rotatable bonds is 9. The monoisotopic (exact) mass is 470 g/mol. The minimum Gasteiger partial charge on any atom is -0.493 e. The lowest BCUT2D eigenvalue weighted by Gasteiger charge is -2.25. The van der Waals surface area contributed by atoms with Crippen LogP contribution in [-0.2, 0) is 18.3 Å². The van der Waals surface area contributed by atoms with Crippen LogP contribution in [0.3, 0.4) is 0 Å². The maximum atomic E-state index is 12.3. The van der Waals surface area contributed by atoms with Gasteiger partial charge in [-0.25, -0.2) is 0 Å². The number of hydrogen-bond donors (Lipinski definition) is 1. The van der Waals surface area contributed by atoms with E-state index in [1.807, 2.05) is 54.1 Å². The van der Waals surface area contributed by atoms with E-state index in [0.717, 1.165) is 11.3 Å². The number of aromatic nitrogens is 3. The highest BCUT2D eigenvalue weighted by atomic mass is 32.2. The summed E-state index contributed by atoms with van der Waals surface area (Å²) in [5, 5.41) is 12.0. The fourth-order valence-electron chi connectivity index (χ4n) is 3.44. The Bertz CT molecular complexity index is 1120. The van der Waals surface area contributed by atoms with Crippen molar-refractivity contribution >= 4 is 17.7 Å². The molecule has 10 heteroatoms. The minimum atomic E-state index is -0.359. The summed E-state index contributed by atoms with van der Waals surface area (Å²) in [6.45, 7) is 0.871. The van der Waals surface area contributed by atoms with Gasteiger partial charge in [0.1, 0.15) is 6.61 Å². The van der Waals surface area contributed by atoms with Crippen molar-refractivity contribution in [1.82, 2.24) is 20.1 Å². The normalized spacial score (nSPS) is 14.6. The number of benzene rings is 2. The molecule has 2 aromatic carbocycles. The zero-order valence-electron chi connectivity index (χ0n) is 18.7. The standard InChI is InChI=1S/C23H26N4O5S/c1-27-22(20-13-31-17-6-4-5-7-18(17)32-20)25-26-23(27)33-14-21(28)24-11-10-15-8-9-16(29-2)19(12-15)30-3/h4-9,12,20H,10-11,13-14H2,1-3H3,(H,24,28). The molecule has 4 rings (SSSR count). The van der Waals surface area contributed by atoms with E-state index in [9.17, 15) is 4.79 Å². The van der Waals surface area contributed by atoms with Gasteiger partial charge in [0.2, 0.25) is 5.91 Å². The zero-order valence-corrected chi connectivity index (χ0v) is 19.6. The topological polar surface area (TPSA) is 96.7 Å². The maximum Gasteiger partial charge on any atom is 0.230 e. The lowest BCUT2D eigenvalue weighted by molar-refractivity contribution is -0.118. The van der Waals surface area contributed by atoms with Gasteiger partial charge in [0, 0.05) is 13.6 Å². The van der Waals surface area contributed by atoms with E-state index < -0.39 is 0 Å². The smallest absolute Gasteiger partial charge is 0.230 e. The van der Waals surface area contributed by atoms with Crippen LogP contribution in [0.1, 0.15) is 17.5 Å². The Morgan fingerprint density at radius 1 is 1.15 bits per heavy atom. The highest BCUT2D eigenvalue weighted by molar-refractivity contribution is 7.99. The minimum absolute atomic E-state index is 0.0730. The van der Waals surface area contributed by atoms with Crippen molar-refractivity contribution in [3.8, 4) is 23.0 Å². The highest BCUT2D eigenvalue weighted by Gasteiger charge is 2.27. The molecule has 9 nitrogen and oxygen atoms in total. The second-order valence-corrected chi connectivity index (χ2v) is 8.28. The Labute approximate surface area is 196 Å². The highest BCUT2D eigenvalue weighted by Crippen LogP contribution is 2.35. The van der Waals surface area contributed by atoms with Gasteiger partial charge in [-0.15, -0.1) is 10.2 Å². The van der Waals surface area contributed by atoms with Crippen molar-refractivity contribution in [2.24, 2.45) is 7.05 Å². The predicted molar refractivity (Wildman–Crippen MR) is 123 cm³/mol. The van der Waals surface area contributed by atoms with Crippen LogP contribution < -0.4 is 24.3 Å². The molecule has 1 atom stereocenters. The molecule has 1 aromatic heterocycles. The molecule has 1 N–H and O–H groups in total. The van der Waals surface area contributed by atoms with E-state index in [-0.39, 0.29) is 17.8 Å². The van der Waals surface area contributed by atoms with E-state index in [2.05, 4.69) is 15.5 Å². The maximum absolute atomic E-state index is 12.3. The van der Waals surface area contributed by atoms with Gasteiger partial charge in [0.05, 0.1) is 20.0 Å².